The summed E-state index contributed by atoms with van der Waals surface area (Å²) in [7, 11) is 0. The predicted molar refractivity (Wildman–Crippen MR) is 61.1 cm³/mol. The summed E-state index contributed by atoms with van der Waals surface area (Å²) in [6.07, 6.45) is 3.02. The van der Waals surface area contributed by atoms with Gasteiger partial charge in [0.2, 0.25) is 0 Å². The van der Waals surface area contributed by atoms with Gasteiger partial charge in [-0.15, -0.1) is 11.3 Å². The maximum atomic E-state index is 9.42. The van der Waals surface area contributed by atoms with Gasteiger partial charge in [-0.3, -0.25) is 0 Å². The fraction of sp³-hybridized carbons (Fsp3) is 0.200. The summed E-state index contributed by atoms with van der Waals surface area (Å²) >= 11 is 3.09. The molecule has 0 fully saturated rings. The first-order valence-electron chi connectivity index (χ1n) is 4.47. The number of nitrogens with zero attached hydrogens (tertiary/aromatic N) is 2. The van der Waals surface area contributed by atoms with E-state index in [1.54, 1.807) is 30.7 Å². The lowest BCUT2D eigenvalue weighted by Crippen LogP contribution is -1.91. The maximum absolute atomic E-state index is 9.42. The third-order valence-electron chi connectivity index (χ3n) is 1.84. The number of hydrogen-bond acceptors (Lipinski definition) is 5. The molecule has 15 heavy (non-hydrogen) atoms. The number of thiazole rings is 1. The summed E-state index contributed by atoms with van der Waals surface area (Å²) in [5, 5.41) is 12.2. The summed E-state index contributed by atoms with van der Waals surface area (Å²) in [6, 6.07) is 3.70. The molecular formula is C10H10N2OS2. The molecule has 0 spiro atoms. The van der Waals surface area contributed by atoms with E-state index in [0.717, 1.165) is 14.9 Å². The van der Waals surface area contributed by atoms with E-state index < -0.39 is 6.10 Å². The first kappa shape index (κ1) is 10.6. The zero-order valence-electron chi connectivity index (χ0n) is 8.12. The van der Waals surface area contributed by atoms with Gasteiger partial charge in [0.15, 0.2) is 4.34 Å². The van der Waals surface area contributed by atoms with Crippen LogP contribution in [0.3, 0.4) is 0 Å². The molecule has 5 heteroatoms. The highest BCUT2D eigenvalue weighted by Gasteiger charge is 2.05. The molecular weight excluding hydrogens is 228 g/mol. The van der Waals surface area contributed by atoms with Crippen LogP contribution in [0.2, 0.25) is 0 Å². The summed E-state index contributed by atoms with van der Waals surface area (Å²) in [6.45, 7) is 1.74. The summed E-state index contributed by atoms with van der Waals surface area (Å²) in [5.74, 6) is 0. The second kappa shape index (κ2) is 4.74. The van der Waals surface area contributed by atoms with Crippen LogP contribution >= 0.6 is 23.1 Å². The largest absolute Gasteiger partial charge is 0.389 e. The molecule has 1 N–H and O–H groups in total. The minimum atomic E-state index is -0.455. The van der Waals surface area contributed by atoms with Gasteiger partial charge in [-0.1, -0.05) is 0 Å². The molecule has 78 valence electrons. The monoisotopic (exact) mass is 238 g/mol. The predicted octanol–water partition coefficient (Wildman–Crippen LogP) is 2.74. The van der Waals surface area contributed by atoms with Gasteiger partial charge in [0.1, 0.15) is 5.03 Å². The lowest BCUT2D eigenvalue weighted by Gasteiger charge is -2.04. The lowest BCUT2D eigenvalue weighted by atomic mass is 10.2. The molecule has 0 aromatic carbocycles. The van der Waals surface area contributed by atoms with Crippen molar-refractivity contribution in [1.82, 2.24) is 9.97 Å². The zero-order valence-corrected chi connectivity index (χ0v) is 9.76. The molecule has 0 amide bonds. The minimum Gasteiger partial charge on any atom is -0.389 e. The second-order valence-corrected chi connectivity index (χ2v) is 5.17. The topological polar surface area (TPSA) is 46.0 Å². The summed E-state index contributed by atoms with van der Waals surface area (Å²) < 4.78 is 0.963. The highest BCUT2D eigenvalue weighted by molar-refractivity contribution is 8.00. The number of aromatic nitrogens is 2. The third-order valence-corrected chi connectivity index (χ3v) is 3.66. The molecule has 3 nitrogen and oxygen atoms in total. The molecule has 0 aliphatic heterocycles. The smallest absolute Gasteiger partial charge is 0.156 e. The number of aliphatic hydroxyl groups excluding tert-OH is 1. The van der Waals surface area contributed by atoms with E-state index in [0.29, 0.717) is 0 Å². The van der Waals surface area contributed by atoms with Crippen LogP contribution in [0.25, 0.3) is 0 Å². The maximum Gasteiger partial charge on any atom is 0.156 e. The van der Waals surface area contributed by atoms with Gasteiger partial charge in [-0.2, -0.15) is 0 Å². The van der Waals surface area contributed by atoms with Crippen LogP contribution < -0.4 is 0 Å². The van der Waals surface area contributed by atoms with Gasteiger partial charge in [-0.05, 0) is 36.4 Å². The second-order valence-electron chi connectivity index (χ2n) is 3.00. The fourth-order valence-corrected chi connectivity index (χ4v) is 2.67. The van der Waals surface area contributed by atoms with E-state index in [-0.39, 0.29) is 0 Å². The molecule has 0 bridgehead atoms. The van der Waals surface area contributed by atoms with Crippen LogP contribution in [-0.4, -0.2) is 15.1 Å². The molecule has 0 unspecified atom stereocenters. The Morgan fingerprint density at radius 2 is 2.27 bits per heavy atom. The third kappa shape index (κ3) is 2.77. The van der Waals surface area contributed by atoms with Gasteiger partial charge in [0.25, 0.3) is 0 Å². The standard InChI is InChI=1S/C10H10N2OS2/c1-7(13)8-2-3-11-9(6-8)15-10-12-4-5-14-10/h2-7,13H,1H3/t7-/m1/s1. The SMILES string of the molecule is C[C@@H](O)c1ccnc(Sc2nccs2)c1. The van der Waals surface area contributed by atoms with Gasteiger partial charge in [-0.25, -0.2) is 9.97 Å². The Hall–Kier alpha value is -0.910. The van der Waals surface area contributed by atoms with Crippen molar-refractivity contribution in [1.29, 1.82) is 0 Å². The van der Waals surface area contributed by atoms with E-state index in [1.165, 1.54) is 11.8 Å². The molecule has 0 radical (unpaired) electrons. The molecule has 1 atom stereocenters. The Balaban J connectivity index is 2.18. The van der Waals surface area contributed by atoms with Crippen molar-refractivity contribution in [2.24, 2.45) is 0 Å². The average molecular weight is 238 g/mol. The number of rotatable bonds is 3. The number of pyridine rings is 1. The number of aliphatic hydroxyl groups is 1. The van der Waals surface area contributed by atoms with E-state index in [4.69, 9.17) is 0 Å². The average Bonchev–Trinajstić information content (AvgIpc) is 2.71. The quantitative estimate of drug-likeness (QED) is 0.893. The van der Waals surface area contributed by atoms with Crippen LogP contribution in [-0.2, 0) is 0 Å². The van der Waals surface area contributed by atoms with Crippen LogP contribution in [0.1, 0.15) is 18.6 Å². The Kier molecular flexibility index (Phi) is 3.35. The van der Waals surface area contributed by atoms with Crippen molar-refractivity contribution >= 4 is 23.1 Å². The Bertz CT molecular complexity index is 429. The fourth-order valence-electron chi connectivity index (χ4n) is 1.09. The first-order chi connectivity index (χ1) is 7.25. The molecule has 2 aromatic rings. The molecule has 0 aliphatic carbocycles. The van der Waals surface area contributed by atoms with Crippen molar-refractivity contribution in [3.05, 3.63) is 35.5 Å². The van der Waals surface area contributed by atoms with E-state index in [2.05, 4.69) is 9.97 Å². The zero-order chi connectivity index (χ0) is 10.7. The Labute approximate surface area is 96.2 Å². The van der Waals surface area contributed by atoms with Gasteiger partial charge in [0.05, 0.1) is 6.10 Å². The van der Waals surface area contributed by atoms with Crippen LogP contribution in [0.4, 0.5) is 0 Å². The normalized spacial score (nSPS) is 12.7. The van der Waals surface area contributed by atoms with Crippen molar-refractivity contribution in [3.63, 3.8) is 0 Å². The first-order valence-corrected chi connectivity index (χ1v) is 6.16. The molecule has 0 saturated heterocycles. The molecule has 2 heterocycles. The minimum absolute atomic E-state index is 0.455. The molecule has 2 rings (SSSR count). The van der Waals surface area contributed by atoms with Crippen molar-refractivity contribution in [2.75, 3.05) is 0 Å². The molecule has 0 saturated carbocycles. The highest BCUT2D eigenvalue weighted by atomic mass is 32.2. The summed E-state index contributed by atoms with van der Waals surface area (Å²) in [4.78, 5) is 8.38. The van der Waals surface area contributed by atoms with Crippen molar-refractivity contribution in [2.45, 2.75) is 22.4 Å². The molecule has 0 aliphatic rings. The van der Waals surface area contributed by atoms with E-state index >= 15 is 0 Å². The van der Waals surface area contributed by atoms with Gasteiger partial charge < -0.3 is 5.11 Å². The summed E-state index contributed by atoms with van der Waals surface area (Å²) in [5.41, 5.74) is 0.879. The van der Waals surface area contributed by atoms with E-state index in [1.807, 2.05) is 17.5 Å². The van der Waals surface area contributed by atoms with Gasteiger partial charge >= 0.3 is 0 Å². The van der Waals surface area contributed by atoms with Crippen LogP contribution in [0.5, 0.6) is 0 Å². The number of hydrogen-bond donors (Lipinski definition) is 1. The highest BCUT2D eigenvalue weighted by Crippen LogP contribution is 2.28. The van der Waals surface area contributed by atoms with Crippen molar-refractivity contribution in [3.8, 4) is 0 Å². The van der Waals surface area contributed by atoms with Crippen LogP contribution in [0.15, 0.2) is 39.3 Å². The van der Waals surface area contributed by atoms with Crippen molar-refractivity contribution < 1.29 is 5.11 Å². The Morgan fingerprint density at radius 1 is 1.40 bits per heavy atom. The van der Waals surface area contributed by atoms with E-state index in [9.17, 15) is 5.11 Å². The Morgan fingerprint density at radius 3 is 2.93 bits per heavy atom. The van der Waals surface area contributed by atoms with Gasteiger partial charge in [0, 0.05) is 17.8 Å². The molecule has 2 aromatic heterocycles. The van der Waals surface area contributed by atoms with Crippen LogP contribution in [0, 0.1) is 0 Å². The lowest BCUT2D eigenvalue weighted by molar-refractivity contribution is 0.199.